The highest BCUT2D eigenvalue weighted by atomic mass is 32.2. The van der Waals surface area contributed by atoms with Gasteiger partial charge in [-0.05, 0) is 36.8 Å². The average Bonchev–Trinajstić information content (AvgIpc) is 2.57. The van der Waals surface area contributed by atoms with E-state index >= 15 is 0 Å². The number of hydrogen-bond donors (Lipinski definition) is 0. The molecular weight excluding hydrogens is 385 g/mol. The van der Waals surface area contributed by atoms with E-state index in [0.29, 0.717) is 0 Å². The van der Waals surface area contributed by atoms with Gasteiger partial charge in [0, 0.05) is 6.20 Å². The van der Waals surface area contributed by atoms with Crippen molar-refractivity contribution >= 4 is 10.0 Å². The minimum absolute atomic E-state index is 0.0114. The zero-order valence-electron chi connectivity index (χ0n) is 14.5. The molecule has 1 fully saturated rings. The number of pyridine rings is 1. The SMILES string of the molecule is COc1ccc(C)cc1S(=O)(=O)N1CC(Oc2ncccc2C(F)(F)F)C1. The van der Waals surface area contributed by atoms with Gasteiger partial charge >= 0.3 is 6.18 Å². The number of rotatable bonds is 5. The first-order chi connectivity index (χ1) is 12.6. The molecule has 146 valence electrons. The van der Waals surface area contributed by atoms with E-state index in [0.717, 1.165) is 22.0 Å². The van der Waals surface area contributed by atoms with Crippen molar-refractivity contribution in [3.8, 4) is 11.6 Å². The molecule has 0 atom stereocenters. The maximum Gasteiger partial charge on any atom is 0.421 e. The van der Waals surface area contributed by atoms with Crippen LogP contribution in [0.3, 0.4) is 0 Å². The summed E-state index contributed by atoms with van der Waals surface area (Å²) < 4.78 is 76.0. The van der Waals surface area contributed by atoms with Gasteiger partial charge in [0.15, 0.2) is 0 Å². The van der Waals surface area contributed by atoms with E-state index < -0.39 is 33.7 Å². The molecule has 1 saturated heterocycles. The summed E-state index contributed by atoms with van der Waals surface area (Å²) in [5, 5.41) is 0. The molecule has 3 rings (SSSR count). The molecule has 1 aromatic carbocycles. The third-order valence-electron chi connectivity index (χ3n) is 4.11. The Labute approximate surface area is 154 Å². The molecule has 0 radical (unpaired) electrons. The maximum atomic E-state index is 13.0. The highest BCUT2D eigenvalue weighted by Crippen LogP contribution is 2.36. The molecule has 10 heteroatoms. The van der Waals surface area contributed by atoms with Crippen LogP contribution in [0.25, 0.3) is 0 Å². The van der Waals surface area contributed by atoms with Gasteiger partial charge < -0.3 is 9.47 Å². The minimum Gasteiger partial charge on any atom is -0.495 e. The van der Waals surface area contributed by atoms with Crippen LogP contribution >= 0.6 is 0 Å². The normalized spacial score (nSPS) is 16.0. The number of alkyl halides is 3. The van der Waals surface area contributed by atoms with Gasteiger partial charge in [-0.15, -0.1) is 0 Å². The van der Waals surface area contributed by atoms with Gasteiger partial charge in [-0.1, -0.05) is 6.07 Å². The fourth-order valence-corrected chi connectivity index (χ4v) is 4.40. The molecule has 2 heterocycles. The maximum absolute atomic E-state index is 13.0. The van der Waals surface area contributed by atoms with E-state index in [1.165, 1.54) is 19.4 Å². The predicted molar refractivity (Wildman–Crippen MR) is 90.1 cm³/mol. The third kappa shape index (κ3) is 3.86. The summed E-state index contributed by atoms with van der Waals surface area (Å²) in [5.74, 6) is -0.353. The van der Waals surface area contributed by atoms with Crippen LogP contribution in [-0.2, 0) is 16.2 Å². The summed E-state index contributed by atoms with van der Waals surface area (Å²) in [7, 11) is -2.48. The van der Waals surface area contributed by atoms with Crippen molar-refractivity contribution < 1.29 is 31.1 Å². The van der Waals surface area contributed by atoms with E-state index in [2.05, 4.69) is 4.98 Å². The van der Waals surface area contributed by atoms with Crippen LogP contribution in [0.15, 0.2) is 41.4 Å². The van der Waals surface area contributed by atoms with Crippen molar-refractivity contribution in [1.82, 2.24) is 9.29 Å². The summed E-state index contributed by atoms with van der Waals surface area (Å²) in [5.41, 5.74) is -0.252. The van der Waals surface area contributed by atoms with Crippen LogP contribution in [0.4, 0.5) is 13.2 Å². The van der Waals surface area contributed by atoms with Crippen molar-refractivity contribution in [1.29, 1.82) is 0 Å². The minimum atomic E-state index is -4.60. The van der Waals surface area contributed by atoms with E-state index in [4.69, 9.17) is 9.47 Å². The Hall–Kier alpha value is -2.33. The quantitative estimate of drug-likeness (QED) is 0.769. The summed E-state index contributed by atoms with van der Waals surface area (Å²) in [6.45, 7) is 1.60. The van der Waals surface area contributed by atoms with Gasteiger partial charge in [0.25, 0.3) is 0 Å². The molecule has 0 unspecified atom stereocenters. The molecule has 6 nitrogen and oxygen atoms in total. The second-order valence-electron chi connectivity index (χ2n) is 6.07. The van der Waals surface area contributed by atoms with Crippen molar-refractivity contribution in [3.05, 3.63) is 47.7 Å². The van der Waals surface area contributed by atoms with Gasteiger partial charge in [-0.3, -0.25) is 0 Å². The fourth-order valence-electron chi connectivity index (χ4n) is 2.65. The van der Waals surface area contributed by atoms with Crippen LogP contribution in [0.5, 0.6) is 11.6 Å². The monoisotopic (exact) mass is 402 g/mol. The molecule has 27 heavy (non-hydrogen) atoms. The number of ether oxygens (including phenoxy) is 2. The first-order valence-electron chi connectivity index (χ1n) is 7.96. The summed E-state index contributed by atoms with van der Waals surface area (Å²) in [4.78, 5) is 3.63. The number of hydrogen-bond acceptors (Lipinski definition) is 5. The number of methoxy groups -OCH3 is 1. The predicted octanol–water partition coefficient (Wildman–Crippen LogP) is 2.87. The highest BCUT2D eigenvalue weighted by Gasteiger charge is 2.42. The molecule has 1 aliphatic rings. The third-order valence-corrected chi connectivity index (χ3v) is 5.96. The summed E-state index contributed by atoms with van der Waals surface area (Å²) >= 11 is 0. The van der Waals surface area contributed by atoms with Gasteiger partial charge in [-0.2, -0.15) is 17.5 Å². The first kappa shape index (κ1) is 19.4. The standard InChI is InChI=1S/C17H17F3N2O4S/c1-11-5-6-14(25-2)15(8-11)27(23,24)22-9-12(10-22)26-16-13(17(18,19)20)4-3-7-21-16/h3-8,12H,9-10H2,1-2H3. The van der Waals surface area contributed by atoms with E-state index in [-0.39, 0.29) is 23.7 Å². The topological polar surface area (TPSA) is 68.7 Å². The first-order valence-corrected chi connectivity index (χ1v) is 9.40. The Kier molecular flexibility index (Phi) is 5.04. The Bertz CT molecular complexity index is 941. The summed E-state index contributed by atoms with van der Waals surface area (Å²) in [6.07, 6.45) is -4.13. The lowest BCUT2D eigenvalue weighted by atomic mass is 10.2. The smallest absolute Gasteiger partial charge is 0.421 e. The molecular formula is C17H17F3N2O4S. The number of benzene rings is 1. The fraction of sp³-hybridized carbons (Fsp3) is 0.353. The van der Waals surface area contributed by atoms with Crippen LogP contribution in [-0.4, -0.2) is 44.0 Å². The molecule has 0 bridgehead atoms. The Morgan fingerprint density at radius 1 is 1.22 bits per heavy atom. The van der Waals surface area contributed by atoms with Gasteiger partial charge in [-0.25, -0.2) is 13.4 Å². The molecule has 0 aliphatic carbocycles. The van der Waals surface area contributed by atoms with Crippen molar-refractivity contribution in [3.63, 3.8) is 0 Å². The second kappa shape index (κ2) is 7.01. The molecule has 0 amide bonds. The zero-order chi connectivity index (χ0) is 19.8. The second-order valence-corrected chi connectivity index (χ2v) is 7.98. The van der Waals surface area contributed by atoms with Crippen LogP contribution in [0.1, 0.15) is 11.1 Å². The molecule has 0 N–H and O–H groups in total. The lowest BCUT2D eigenvalue weighted by molar-refractivity contribution is -0.140. The number of sulfonamides is 1. The largest absolute Gasteiger partial charge is 0.495 e. The zero-order valence-corrected chi connectivity index (χ0v) is 15.3. The molecule has 1 aromatic heterocycles. The van der Waals surface area contributed by atoms with Crippen LogP contribution < -0.4 is 9.47 Å². The number of aryl methyl sites for hydroxylation is 1. The Balaban J connectivity index is 1.74. The number of halogens is 3. The van der Waals surface area contributed by atoms with Crippen molar-refractivity contribution in [2.75, 3.05) is 20.2 Å². The summed E-state index contributed by atoms with van der Waals surface area (Å²) in [6, 6.07) is 6.80. The average molecular weight is 402 g/mol. The molecule has 0 spiro atoms. The molecule has 0 saturated carbocycles. The highest BCUT2D eigenvalue weighted by molar-refractivity contribution is 7.89. The van der Waals surface area contributed by atoms with Gasteiger partial charge in [0.05, 0.1) is 20.2 Å². The van der Waals surface area contributed by atoms with Crippen molar-refractivity contribution in [2.45, 2.75) is 24.1 Å². The Morgan fingerprint density at radius 3 is 2.56 bits per heavy atom. The molecule has 2 aromatic rings. The van der Waals surface area contributed by atoms with Gasteiger partial charge in [0.2, 0.25) is 15.9 Å². The lowest BCUT2D eigenvalue weighted by Gasteiger charge is -2.38. The van der Waals surface area contributed by atoms with E-state index in [9.17, 15) is 21.6 Å². The van der Waals surface area contributed by atoms with E-state index in [1.807, 2.05) is 0 Å². The Morgan fingerprint density at radius 2 is 1.93 bits per heavy atom. The number of aromatic nitrogens is 1. The number of nitrogens with zero attached hydrogens (tertiary/aromatic N) is 2. The van der Waals surface area contributed by atoms with Crippen LogP contribution in [0.2, 0.25) is 0 Å². The lowest BCUT2D eigenvalue weighted by Crippen LogP contribution is -2.56. The molecule has 1 aliphatic heterocycles. The van der Waals surface area contributed by atoms with Crippen molar-refractivity contribution in [2.24, 2.45) is 0 Å². The van der Waals surface area contributed by atoms with Gasteiger partial charge in [0.1, 0.15) is 22.3 Å². The van der Waals surface area contributed by atoms with Crippen LogP contribution in [0, 0.1) is 6.92 Å². The van der Waals surface area contributed by atoms with E-state index in [1.54, 1.807) is 19.1 Å².